The second kappa shape index (κ2) is 7.77. The largest absolute Gasteiger partial charge is 0.475 e. The molecule has 0 saturated heterocycles. The molecule has 0 bridgehead atoms. The summed E-state index contributed by atoms with van der Waals surface area (Å²) in [6, 6.07) is 9.86. The average Bonchev–Trinajstić information content (AvgIpc) is 2.81. The molecule has 3 atom stereocenters. The molecule has 0 amide bonds. The lowest BCUT2D eigenvalue weighted by molar-refractivity contribution is -0.121. The highest BCUT2D eigenvalue weighted by molar-refractivity contribution is 6.00. The zero-order valence-corrected chi connectivity index (χ0v) is 19.3. The Morgan fingerprint density at radius 3 is 2.76 bits per heavy atom. The van der Waals surface area contributed by atoms with Crippen LogP contribution in [0.4, 0.5) is 0 Å². The van der Waals surface area contributed by atoms with Gasteiger partial charge in [0.05, 0.1) is 23.9 Å². The summed E-state index contributed by atoms with van der Waals surface area (Å²) >= 11 is 0. The maximum atomic E-state index is 12.8. The number of allylic oxidation sites excluding steroid dienone is 2. The monoisotopic (exact) mass is 438 g/mol. The molecule has 33 heavy (non-hydrogen) atoms. The third kappa shape index (κ3) is 3.31. The number of carbonyl (C=O) groups excluding carboxylic acids is 1. The van der Waals surface area contributed by atoms with Gasteiger partial charge in [-0.15, -0.1) is 0 Å². The molecule has 0 radical (unpaired) electrons. The fraction of sp³-hybridized carbons (Fsp3) is 0.370. The van der Waals surface area contributed by atoms with Gasteiger partial charge >= 0.3 is 0 Å². The van der Waals surface area contributed by atoms with Crippen LogP contribution in [0.5, 0.6) is 5.88 Å². The minimum absolute atomic E-state index is 0.0437. The summed E-state index contributed by atoms with van der Waals surface area (Å²) in [4.78, 5) is 30.8. The molecule has 166 valence electrons. The van der Waals surface area contributed by atoms with Crippen molar-refractivity contribution in [3.05, 3.63) is 71.0 Å². The van der Waals surface area contributed by atoms with Crippen molar-refractivity contribution in [3.8, 4) is 17.3 Å². The van der Waals surface area contributed by atoms with Crippen LogP contribution in [0, 0.1) is 18.4 Å². The van der Waals surface area contributed by atoms with E-state index in [4.69, 9.17) is 21.3 Å². The van der Waals surface area contributed by atoms with E-state index in [-0.39, 0.29) is 29.4 Å². The predicted molar refractivity (Wildman–Crippen MR) is 127 cm³/mol. The van der Waals surface area contributed by atoms with E-state index in [2.05, 4.69) is 16.8 Å². The molecule has 6 heteroatoms. The van der Waals surface area contributed by atoms with Gasteiger partial charge < -0.3 is 9.53 Å². The van der Waals surface area contributed by atoms with E-state index in [1.165, 1.54) is 0 Å². The Morgan fingerprint density at radius 2 is 2.00 bits per heavy atom. The quantitative estimate of drug-likeness (QED) is 0.518. The summed E-state index contributed by atoms with van der Waals surface area (Å²) in [6.07, 6.45) is 5.14. The summed E-state index contributed by atoms with van der Waals surface area (Å²) in [6.45, 7) is 15.6. The van der Waals surface area contributed by atoms with E-state index < -0.39 is 5.41 Å². The van der Waals surface area contributed by atoms with E-state index in [1.807, 2.05) is 57.2 Å². The Kier molecular flexibility index (Phi) is 5.01. The van der Waals surface area contributed by atoms with Crippen LogP contribution in [0.3, 0.4) is 0 Å². The normalized spacial score (nSPS) is 24.1. The zero-order valence-electron chi connectivity index (χ0n) is 19.3. The first-order chi connectivity index (χ1) is 15.8. The van der Waals surface area contributed by atoms with Crippen molar-refractivity contribution in [1.82, 2.24) is 15.0 Å². The molecule has 2 aromatic heterocycles. The molecule has 3 aromatic rings. The summed E-state index contributed by atoms with van der Waals surface area (Å²) < 4.78 is 6.20. The van der Waals surface area contributed by atoms with Gasteiger partial charge in [-0.25, -0.2) is 9.83 Å². The molecule has 6 nitrogen and oxygen atoms in total. The Bertz CT molecular complexity index is 1350. The number of ether oxygens (including phenoxy) is 1. The second-order valence-corrected chi connectivity index (χ2v) is 9.44. The number of Topliss-reactive ketones (excluding diaryl/α,β-unsaturated/α-hetero) is 1. The van der Waals surface area contributed by atoms with Crippen molar-refractivity contribution in [2.45, 2.75) is 52.1 Å². The Hall–Kier alpha value is -3.59. The summed E-state index contributed by atoms with van der Waals surface area (Å²) in [7, 11) is 0. The van der Waals surface area contributed by atoms with Gasteiger partial charge in [-0.1, -0.05) is 38.1 Å². The molecule has 2 aliphatic rings. The van der Waals surface area contributed by atoms with Crippen LogP contribution in [-0.2, 0) is 16.6 Å². The number of carbonyl (C=O) groups is 1. The number of nitrogens with zero attached hydrogens (tertiary/aromatic N) is 4. The van der Waals surface area contributed by atoms with Gasteiger partial charge in [0, 0.05) is 34.0 Å². The fourth-order valence-corrected chi connectivity index (χ4v) is 5.44. The second-order valence-electron chi connectivity index (χ2n) is 9.44. The lowest BCUT2D eigenvalue weighted by Crippen LogP contribution is -2.46. The van der Waals surface area contributed by atoms with E-state index in [0.29, 0.717) is 11.7 Å². The van der Waals surface area contributed by atoms with E-state index in [1.54, 1.807) is 6.20 Å². The molecule has 0 fully saturated rings. The standard InChI is InChI=1S/C27H26N4O2/c1-15(2)33-26-19-10-11-20-16(3)23(32)22(28-5)14-27(20,4)24(19)30-25(31-26)18-12-13-29-21-9-7-6-8-17(18)21/h6-9,12-16,20H,10-11H2,1-4H3/t16-,20-,27-/m1/s1. The minimum Gasteiger partial charge on any atom is -0.475 e. The first-order valence-corrected chi connectivity index (χ1v) is 11.4. The number of para-hydroxylation sites is 1. The minimum atomic E-state index is -0.545. The zero-order chi connectivity index (χ0) is 23.3. The summed E-state index contributed by atoms with van der Waals surface area (Å²) in [5, 5.41) is 0.970. The fourth-order valence-electron chi connectivity index (χ4n) is 5.44. The van der Waals surface area contributed by atoms with Gasteiger partial charge in [0.15, 0.2) is 11.6 Å². The maximum Gasteiger partial charge on any atom is 0.226 e. The third-order valence-electron chi connectivity index (χ3n) is 7.02. The van der Waals surface area contributed by atoms with Crippen molar-refractivity contribution in [2.24, 2.45) is 11.8 Å². The lowest BCUT2D eigenvalue weighted by Gasteiger charge is -2.45. The highest BCUT2D eigenvalue weighted by Crippen LogP contribution is 2.51. The van der Waals surface area contributed by atoms with Gasteiger partial charge in [-0.3, -0.25) is 4.98 Å². The van der Waals surface area contributed by atoms with E-state index in [9.17, 15) is 4.79 Å². The third-order valence-corrected chi connectivity index (χ3v) is 7.02. The predicted octanol–water partition coefficient (Wildman–Crippen LogP) is 5.32. The molecule has 1 aromatic carbocycles. The summed E-state index contributed by atoms with van der Waals surface area (Å²) in [5.74, 6) is 0.947. The number of aromatic nitrogens is 3. The number of hydrogen-bond acceptors (Lipinski definition) is 5. The molecule has 2 aliphatic carbocycles. The Labute approximate surface area is 193 Å². The Morgan fingerprint density at radius 1 is 1.21 bits per heavy atom. The molecule has 0 spiro atoms. The molecule has 0 saturated carbocycles. The van der Waals surface area contributed by atoms with Crippen molar-refractivity contribution < 1.29 is 9.53 Å². The smallest absolute Gasteiger partial charge is 0.226 e. The van der Waals surface area contributed by atoms with Crippen LogP contribution in [0.2, 0.25) is 0 Å². The number of hydrogen-bond donors (Lipinski definition) is 0. The molecular formula is C27H26N4O2. The number of benzene rings is 1. The SMILES string of the molecule is [C-]#[N+]C1=C[C@@]2(C)c3nc(-c4ccnc5ccccc45)nc(OC(C)C)c3CC[C@@H]2[C@@H](C)C1=O. The number of rotatable bonds is 3. The van der Waals surface area contributed by atoms with Crippen molar-refractivity contribution in [2.75, 3.05) is 0 Å². The number of pyridine rings is 1. The molecule has 0 N–H and O–H groups in total. The molecule has 0 aliphatic heterocycles. The van der Waals surface area contributed by atoms with Gasteiger partial charge in [-0.2, -0.15) is 4.98 Å². The highest BCUT2D eigenvalue weighted by Gasteiger charge is 2.49. The van der Waals surface area contributed by atoms with Crippen molar-refractivity contribution in [1.29, 1.82) is 0 Å². The van der Waals surface area contributed by atoms with Gasteiger partial charge in [0.1, 0.15) is 0 Å². The van der Waals surface area contributed by atoms with Crippen LogP contribution in [-0.4, -0.2) is 26.8 Å². The van der Waals surface area contributed by atoms with E-state index >= 15 is 0 Å². The molecule has 0 unspecified atom stereocenters. The van der Waals surface area contributed by atoms with Crippen LogP contribution in [0.15, 0.2) is 48.3 Å². The lowest BCUT2D eigenvalue weighted by atomic mass is 9.58. The molecule has 2 heterocycles. The van der Waals surface area contributed by atoms with Crippen LogP contribution in [0.25, 0.3) is 27.1 Å². The maximum absolute atomic E-state index is 12.8. The Balaban J connectivity index is 1.80. The topological polar surface area (TPSA) is 69.3 Å². The van der Waals surface area contributed by atoms with Crippen LogP contribution < -0.4 is 4.74 Å². The van der Waals surface area contributed by atoms with Crippen LogP contribution >= 0.6 is 0 Å². The van der Waals surface area contributed by atoms with E-state index in [0.717, 1.165) is 40.6 Å². The first kappa shape index (κ1) is 21.3. The molecule has 5 rings (SSSR count). The van der Waals surface area contributed by atoms with Crippen LogP contribution in [0.1, 0.15) is 45.4 Å². The van der Waals surface area contributed by atoms with Gasteiger partial charge in [0.25, 0.3) is 0 Å². The number of fused-ring (bicyclic) bond motifs is 4. The highest BCUT2D eigenvalue weighted by atomic mass is 16.5. The van der Waals surface area contributed by atoms with Crippen molar-refractivity contribution >= 4 is 16.7 Å². The van der Waals surface area contributed by atoms with Crippen molar-refractivity contribution in [3.63, 3.8) is 0 Å². The molecular weight excluding hydrogens is 412 g/mol. The van der Waals surface area contributed by atoms with Gasteiger partial charge in [-0.05, 0) is 44.7 Å². The number of ketones is 1. The van der Waals surface area contributed by atoms with Gasteiger partial charge in [0.2, 0.25) is 11.6 Å². The first-order valence-electron chi connectivity index (χ1n) is 11.4. The summed E-state index contributed by atoms with van der Waals surface area (Å²) in [5.41, 5.74) is 3.26. The average molecular weight is 439 g/mol.